The second-order valence-corrected chi connectivity index (χ2v) is 7.91. The third kappa shape index (κ3) is 4.41. The monoisotopic (exact) mass is 395 g/mol. The Bertz CT molecular complexity index is 953. The fraction of sp³-hybridized carbons (Fsp3) is 0.364. The van der Waals surface area contributed by atoms with E-state index in [1.165, 1.54) is 28.7 Å². The summed E-state index contributed by atoms with van der Waals surface area (Å²) < 4.78 is 5.38. The average molecular weight is 396 g/mol. The second kappa shape index (κ2) is 9.28. The lowest BCUT2D eigenvalue weighted by Crippen LogP contribution is -2.13. The SMILES string of the molecule is OCCOCCNc1nc(C=Cc2ccccc2)nc2sc3c(c12)CCCC3. The molecule has 1 aliphatic carbocycles. The Morgan fingerprint density at radius 1 is 1.07 bits per heavy atom. The Morgan fingerprint density at radius 3 is 2.79 bits per heavy atom. The number of thiophene rings is 1. The van der Waals surface area contributed by atoms with Gasteiger partial charge in [-0.25, -0.2) is 9.97 Å². The van der Waals surface area contributed by atoms with Crippen molar-refractivity contribution in [2.75, 3.05) is 31.7 Å². The summed E-state index contributed by atoms with van der Waals surface area (Å²) in [6.45, 7) is 1.59. The molecule has 0 saturated carbocycles. The van der Waals surface area contributed by atoms with E-state index in [1.54, 1.807) is 0 Å². The largest absolute Gasteiger partial charge is 0.394 e. The number of ether oxygens (including phenoxy) is 1. The smallest absolute Gasteiger partial charge is 0.155 e. The minimum absolute atomic E-state index is 0.0459. The molecular weight excluding hydrogens is 370 g/mol. The highest BCUT2D eigenvalue weighted by atomic mass is 32.1. The second-order valence-electron chi connectivity index (χ2n) is 6.83. The van der Waals surface area contributed by atoms with Gasteiger partial charge < -0.3 is 15.2 Å². The third-order valence-corrected chi connectivity index (χ3v) is 6.02. The summed E-state index contributed by atoms with van der Waals surface area (Å²) in [5.74, 6) is 1.61. The highest BCUT2D eigenvalue weighted by molar-refractivity contribution is 7.19. The van der Waals surface area contributed by atoms with Crippen LogP contribution in [0.1, 0.15) is 34.7 Å². The first-order valence-electron chi connectivity index (χ1n) is 9.83. The number of aryl methyl sites for hydroxylation is 2. The van der Waals surface area contributed by atoms with Crippen LogP contribution in [0.5, 0.6) is 0 Å². The van der Waals surface area contributed by atoms with E-state index in [0.29, 0.717) is 25.6 Å². The zero-order chi connectivity index (χ0) is 19.2. The first-order valence-corrected chi connectivity index (χ1v) is 10.6. The van der Waals surface area contributed by atoms with Crippen molar-refractivity contribution in [2.45, 2.75) is 25.7 Å². The summed E-state index contributed by atoms with van der Waals surface area (Å²) >= 11 is 1.81. The zero-order valence-electron chi connectivity index (χ0n) is 15.9. The number of benzene rings is 1. The van der Waals surface area contributed by atoms with Crippen molar-refractivity contribution < 1.29 is 9.84 Å². The van der Waals surface area contributed by atoms with Crippen molar-refractivity contribution >= 4 is 39.5 Å². The summed E-state index contributed by atoms with van der Waals surface area (Å²) in [4.78, 5) is 12.2. The molecule has 0 unspecified atom stereocenters. The van der Waals surface area contributed by atoms with E-state index in [2.05, 4.69) is 17.4 Å². The third-order valence-electron chi connectivity index (χ3n) is 4.83. The van der Waals surface area contributed by atoms with Gasteiger partial charge in [0.05, 0.1) is 25.2 Å². The molecule has 0 saturated heterocycles. The first kappa shape index (κ1) is 19.1. The van der Waals surface area contributed by atoms with Crippen LogP contribution < -0.4 is 5.32 Å². The number of aliphatic hydroxyl groups is 1. The van der Waals surface area contributed by atoms with Crippen molar-refractivity contribution in [2.24, 2.45) is 0 Å². The molecule has 0 radical (unpaired) electrons. The van der Waals surface area contributed by atoms with E-state index < -0.39 is 0 Å². The molecule has 146 valence electrons. The Morgan fingerprint density at radius 2 is 1.93 bits per heavy atom. The normalized spacial score (nSPS) is 13.9. The van der Waals surface area contributed by atoms with Gasteiger partial charge in [0.25, 0.3) is 0 Å². The molecule has 3 aromatic rings. The zero-order valence-corrected chi connectivity index (χ0v) is 16.7. The minimum atomic E-state index is 0.0459. The average Bonchev–Trinajstić information content (AvgIpc) is 3.11. The molecule has 0 amide bonds. The van der Waals surface area contributed by atoms with Crippen LogP contribution in [-0.4, -0.2) is 41.4 Å². The number of hydrogen-bond donors (Lipinski definition) is 2. The molecule has 4 rings (SSSR count). The standard InChI is InChI=1S/C22H25N3O2S/c26-13-15-27-14-12-23-21-20-17-8-4-5-9-18(17)28-22(20)25-19(24-21)11-10-16-6-2-1-3-7-16/h1-3,6-7,10-11,26H,4-5,8-9,12-15H2,(H,23,24,25). The summed E-state index contributed by atoms with van der Waals surface area (Å²) in [6, 6.07) is 10.2. The van der Waals surface area contributed by atoms with Crippen molar-refractivity contribution in [1.29, 1.82) is 0 Å². The Kier molecular flexibility index (Phi) is 6.31. The van der Waals surface area contributed by atoms with Gasteiger partial charge in [-0.3, -0.25) is 0 Å². The van der Waals surface area contributed by atoms with Gasteiger partial charge in [0, 0.05) is 11.4 Å². The highest BCUT2D eigenvalue weighted by Gasteiger charge is 2.20. The predicted molar refractivity (Wildman–Crippen MR) is 116 cm³/mol. The molecule has 0 aliphatic heterocycles. The lowest BCUT2D eigenvalue weighted by molar-refractivity contribution is 0.0992. The van der Waals surface area contributed by atoms with Crippen LogP contribution in [-0.2, 0) is 17.6 Å². The predicted octanol–water partition coefficient (Wildman–Crippen LogP) is 4.16. The molecule has 5 nitrogen and oxygen atoms in total. The van der Waals surface area contributed by atoms with Gasteiger partial charge in [-0.05, 0) is 42.9 Å². The van der Waals surface area contributed by atoms with Gasteiger partial charge in [-0.15, -0.1) is 11.3 Å². The lowest BCUT2D eigenvalue weighted by Gasteiger charge is -2.13. The van der Waals surface area contributed by atoms with Crippen molar-refractivity contribution in [3.8, 4) is 0 Å². The minimum Gasteiger partial charge on any atom is -0.394 e. The van der Waals surface area contributed by atoms with E-state index in [1.807, 2.05) is 41.7 Å². The van der Waals surface area contributed by atoms with Crippen LogP contribution in [0.3, 0.4) is 0 Å². The van der Waals surface area contributed by atoms with Crippen LogP contribution in [0.15, 0.2) is 30.3 Å². The van der Waals surface area contributed by atoms with E-state index in [-0.39, 0.29) is 6.61 Å². The van der Waals surface area contributed by atoms with Crippen LogP contribution in [0.4, 0.5) is 5.82 Å². The van der Waals surface area contributed by atoms with Gasteiger partial charge in [0.15, 0.2) is 5.82 Å². The van der Waals surface area contributed by atoms with Crippen molar-refractivity contribution in [3.05, 3.63) is 52.2 Å². The maximum Gasteiger partial charge on any atom is 0.155 e. The highest BCUT2D eigenvalue weighted by Crippen LogP contribution is 2.38. The molecule has 0 bridgehead atoms. The van der Waals surface area contributed by atoms with E-state index in [4.69, 9.17) is 19.8 Å². The summed E-state index contributed by atoms with van der Waals surface area (Å²) in [7, 11) is 0. The number of nitrogens with zero attached hydrogens (tertiary/aromatic N) is 2. The van der Waals surface area contributed by atoms with Gasteiger partial charge in [0.2, 0.25) is 0 Å². The van der Waals surface area contributed by atoms with Crippen LogP contribution in [0.25, 0.3) is 22.4 Å². The molecular formula is C22H25N3O2S. The van der Waals surface area contributed by atoms with Crippen molar-refractivity contribution in [1.82, 2.24) is 9.97 Å². The van der Waals surface area contributed by atoms with Gasteiger partial charge >= 0.3 is 0 Å². The van der Waals surface area contributed by atoms with E-state index >= 15 is 0 Å². The fourth-order valence-corrected chi connectivity index (χ4v) is 4.79. The summed E-state index contributed by atoms with van der Waals surface area (Å²) in [5, 5.41) is 13.5. The quantitative estimate of drug-likeness (QED) is 0.561. The van der Waals surface area contributed by atoms with Gasteiger partial charge in [-0.1, -0.05) is 36.4 Å². The molecule has 0 spiro atoms. The Labute approximate surface area is 169 Å². The molecule has 1 aliphatic rings. The molecule has 6 heteroatoms. The van der Waals surface area contributed by atoms with E-state index in [0.717, 1.165) is 29.1 Å². The molecule has 2 heterocycles. The summed E-state index contributed by atoms with van der Waals surface area (Å²) in [6.07, 6.45) is 8.75. The number of nitrogens with one attached hydrogen (secondary N) is 1. The first-order chi connectivity index (χ1) is 13.8. The lowest BCUT2D eigenvalue weighted by atomic mass is 9.97. The Hall–Kier alpha value is -2.28. The van der Waals surface area contributed by atoms with Crippen LogP contribution in [0.2, 0.25) is 0 Å². The van der Waals surface area contributed by atoms with Crippen molar-refractivity contribution in [3.63, 3.8) is 0 Å². The van der Waals surface area contributed by atoms with E-state index in [9.17, 15) is 0 Å². The summed E-state index contributed by atoms with van der Waals surface area (Å²) in [5.41, 5.74) is 2.55. The molecule has 2 aromatic heterocycles. The topological polar surface area (TPSA) is 67.3 Å². The van der Waals surface area contributed by atoms with Crippen LogP contribution in [0, 0.1) is 0 Å². The number of aliphatic hydroxyl groups excluding tert-OH is 1. The molecule has 2 N–H and O–H groups in total. The number of hydrogen-bond acceptors (Lipinski definition) is 6. The van der Waals surface area contributed by atoms with Gasteiger partial charge in [0.1, 0.15) is 10.6 Å². The number of fused-ring (bicyclic) bond motifs is 3. The maximum absolute atomic E-state index is 8.85. The molecule has 28 heavy (non-hydrogen) atoms. The van der Waals surface area contributed by atoms with Crippen LogP contribution >= 0.6 is 11.3 Å². The molecule has 0 atom stereocenters. The number of rotatable bonds is 8. The number of anilines is 1. The maximum atomic E-state index is 8.85. The molecule has 1 aromatic carbocycles. The fourth-order valence-electron chi connectivity index (χ4n) is 3.52. The van der Waals surface area contributed by atoms with Gasteiger partial charge in [-0.2, -0.15) is 0 Å². The Balaban J connectivity index is 1.64. The molecule has 0 fully saturated rings. The number of aromatic nitrogens is 2.